The van der Waals surface area contributed by atoms with Crippen LogP contribution >= 0.6 is 11.8 Å². The molecule has 1 aromatic rings. The molecule has 142 valence electrons. The fourth-order valence-corrected chi connectivity index (χ4v) is 3.25. The number of furan rings is 1. The molecule has 2 unspecified atom stereocenters. The average molecular weight is 377 g/mol. The number of guanidine groups is 1. The first-order chi connectivity index (χ1) is 12.0. The Morgan fingerprint density at radius 1 is 1.40 bits per heavy atom. The number of halogens is 3. The quantitative estimate of drug-likeness (QED) is 0.431. The van der Waals surface area contributed by atoms with Gasteiger partial charge in [0.1, 0.15) is 5.76 Å². The van der Waals surface area contributed by atoms with Crippen molar-refractivity contribution in [1.82, 2.24) is 10.6 Å². The average Bonchev–Trinajstić information content (AvgIpc) is 3.08. The van der Waals surface area contributed by atoms with Gasteiger partial charge < -0.3 is 15.1 Å². The van der Waals surface area contributed by atoms with Gasteiger partial charge in [-0.3, -0.25) is 4.99 Å². The van der Waals surface area contributed by atoms with E-state index in [0.29, 0.717) is 31.9 Å². The highest BCUT2D eigenvalue weighted by molar-refractivity contribution is 7.98. The maximum absolute atomic E-state index is 13.0. The standard InChI is InChI=1S/C17H26F3N3OS/c1-25-11-9-22-16(21-8-7-15-6-3-10-24-15)23-14-5-2-4-13(12-14)17(18,19)20/h3,6,10,13-14H,2,4-5,7-9,11-12H2,1H3,(H2,21,22,23). The summed E-state index contributed by atoms with van der Waals surface area (Å²) in [5, 5.41) is 6.40. The van der Waals surface area contributed by atoms with E-state index in [4.69, 9.17) is 4.42 Å². The number of alkyl halides is 3. The van der Waals surface area contributed by atoms with E-state index in [1.807, 2.05) is 18.4 Å². The Morgan fingerprint density at radius 3 is 2.92 bits per heavy atom. The van der Waals surface area contributed by atoms with E-state index in [1.54, 1.807) is 18.0 Å². The number of rotatable bonds is 7. The Labute approximate surface area is 151 Å². The van der Waals surface area contributed by atoms with Crippen LogP contribution in [0, 0.1) is 5.92 Å². The van der Waals surface area contributed by atoms with Crippen LogP contribution in [0.2, 0.25) is 0 Å². The van der Waals surface area contributed by atoms with Crippen molar-refractivity contribution < 1.29 is 17.6 Å². The van der Waals surface area contributed by atoms with E-state index < -0.39 is 12.1 Å². The second kappa shape index (κ2) is 9.99. The molecule has 4 nitrogen and oxygen atoms in total. The molecule has 0 aromatic carbocycles. The van der Waals surface area contributed by atoms with Gasteiger partial charge in [0.15, 0.2) is 5.96 Å². The van der Waals surface area contributed by atoms with Gasteiger partial charge >= 0.3 is 6.18 Å². The Hall–Kier alpha value is -1.31. The summed E-state index contributed by atoms with van der Waals surface area (Å²) in [5.41, 5.74) is 0. The van der Waals surface area contributed by atoms with E-state index in [2.05, 4.69) is 15.6 Å². The molecule has 1 aliphatic carbocycles. The van der Waals surface area contributed by atoms with Crippen molar-refractivity contribution in [3.05, 3.63) is 24.2 Å². The molecule has 1 saturated carbocycles. The number of nitrogens with zero attached hydrogens (tertiary/aromatic N) is 1. The van der Waals surface area contributed by atoms with Crippen LogP contribution in [0.1, 0.15) is 31.4 Å². The van der Waals surface area contributed by atoms with Crippen molar-refractivity contribution in [2.24, 2.45) is 10.9 Å². The lowest BCUT2D eigenvalue weighted by Gasteiger charge is -2.32. The molecule has 8 heteroatoms. The molecule has 1 aromatic heterocycles. The minimum absolute atomic E-state index is 0.116. The zero-order valence-electron chi connectivity index (χ0n) is 14.4. The Morgan fingerprint density at radius 2 is 2.24 bits per heavy atom. The molecule has 0 saturated heterocycles. The van der Waals surface area contributed by atoms with E-state index in [1.165, 1.54) is 0 Å². The lowest BCUT2D eigenvalue weighted by molar-refractivity contribution is -0.183. The lowest BCUT2D eigenvalue weighted by Crippen LogP contribution is -2.47. The van der Waals surface area contributed by atoms with Gasteiger partial charge in [-0.2, -0.15) is 24.9 Å². The smallest absolute Gasteiger partial charge is 0.391 e. The second-order valence-electron chi connectivity index (χ2n) is 6.23. The van der Waals surface area contributed by atoms with Crippen molar-refractivity contribution in [1.29, 1.82) is 0 Å². The summed E-state index contributed by atoms with van der Waals surface area (Å²) in [6.07, 6.45) is 1.90. The van der Waals surface area contributed by atoms with E-state index >= 15 is 0 Å². The van der Waals surface area contributed by atoms with Crippen LogP contribution in [0.25, 0.3) is 0 Å². The van der Waals surface area contributed by atoms with Gasteiger partial charge in [0.25, 0.3) is 0 Å². The molecule has 0 spiro atoms. The third-order valence-electron chi connectivity index (χ3n) is 4.29. The maximum Gasteiger partial charge on any atom is 0.391 e. The fraction of sp³-hybridized carbons (Fsp3) is 0.706. The third-order valence-corrected chi connectivity index (χ3v) is 4.88. The third kappa shape index (κ3) is 7.22. The minimum atomic E-state index is -4.11. The van der Waals surface area contributed by atoms with Crippen LogP contribution in [0.3, 0.4) is 0 Å². The van der Waals surface area contributed by atoms with Crippen molar-refractivity contribution in [2.75, 3.05) is 25.1 Å². The van der Waals surface area contributed by atoms with Crippen LogP contribution < -0.4 is 10.6 Å². The molecule has 25 heavy (non-hydrogen) atoms. The normalized spacial score (nSPS) is 22.0. The summed E-state index contributed by atoms with van der Waals surface area (Å²) >= 11 is 1.69. The van der Waals surface area contributed by atoms with E-state index in [-0.39, 0.29) is 18.9 Å². The number of aliphatic imine (C=N–C) groups is 1. The predicted molar refractivity (Wildman–Crippen MR) is 96.0 cm³/mol. The molecular formula is C17H26F3N3OS. The molecule has 0 radical (unpaired) electrons. The highest BCUT2D eigenvalue weighted by Crippen LogP contribution is 2.37. The van der Waals surface area contributed by atoms with Crippen molar-refractivity contribution >= 4 is 17.7 Å². The van der Waals surface area contributed by atoms with Gasteiger partial charge in [0.2, 0.25) is 0 Å². The summed E-state index contributed by atoms with van der Waals surface area (Å²) in [4.78, 5) is 4.48. The van der Waals surface area contributed by atoms with Gasteiger partial charge in [-0.25, -0.2) is 0 Å². The van der Waals surface area contributed by atoms with Crippen molar-refractivity contribution in [3.8, 4) is 0 Å². The summed E-state index contributed by atoms with van der Waals surface area (Å²) in [6, 6.07) is 3.54. The largest absolute Gasteiger partial charge is 0.469 e. The molecule has 2 N–H and O–H groups in total. The Kier molecular flexibility index (Phi) is 7.99. The van der Waals surface area contributed by atoms with Gasteiger partial charge in [0, 0.05) is 24.8 Å². The van der Waals surface area contributed by atoms with Crippen LogP contribution in [0.5, 0.6) is 0 Å². The van der Waals surface area contributed by atoms with Crippen LogP contribution in [0.15, 0.2) is 27.8 Å². The SMILES string of the molecule is CSCCN=C(NCCc1ccco1)NC1CCCC(C(F)(F)F)C1. The number of thioether (sulfide) groups is 1. The summed E-state index contributed by atoms with van der Waals surface area (Å²) in [5.74, 6) is 1.12. The number of nitrogens with one attached hydrogen (secondary N) is 2. The van der Waals surface area contributed by atoms with Crippen molar-refractivity contribution in [2.45, 2.75) is 44.3 Å². The summed E-state index contributed by atoms with van der Waals surface area (Å²) in [6.45, 7) is 1.25. The maximum atomic E-state index is 13.0. The van der Waals surface area contributed by atoms with Crippen LogP contribution in [0.4, 0.5) is 13.2 Å². The highest BCUT2D eigenvalue weighted by atomic mass is 32.2. The topological polar surface area (TPSA) is 49.6 Å². The molecule has 2 atom stereocenters. The molecule has 1 heterocycles. The Balaban J connectivity index is 1.87. The van der Waals surface area contributed by atoms with Crippen molar-refractivity contribution in [3.63, 3.8) is 0 Å². The first-order valence-corrected chi connectivity index (χ1v) is 10.0. The number of hydrogen-bond donors (Lipinski definition) is 2. The fourth-order valence-electron chi connectivity index (χ4n) is 2.97. The zero-order valence-corrected chi connectivity index (χ0v) is 15.3. The molecule has 0 amide bonds. The van der Waals surface area contributed by atoms with E-state index in [0.717, 1.165) is 17.9 Å². The molecular weight excluding hydrogens is 351 g/mol. The van der Waals surface area contributed by atoms with Gasteiger partial charge in [-0.1, -0.05) is 6.42 Å². The summed E-state index contributed by atoms with van der Waals surface area (Å²) in [7, 11) is 0. The highest BCUT2D eigenvalue weighted by Gasteiger charge is 2.42. The molecule has 2 rings (SSSR count). The second-order valence-corrected chi connectivity index (χ2v) is 7.21. The summed E-state index contributed by atoms with van der Waals surface area (Å²) < 4.78 is 44.2. The molecule has 1 fully saturated rings. The Bertz CT molecular complexity index is 520. The lowest BCUT2D eigenvalue weighted by atomic mass is 9.85. The van der Waals surface area contributed by atoms with Crippen LogP contribution in [-0.2, 0) is 6.42 Å². The molecule has 1 aliphatic rings. The molecule has 0 aliphatic heterocycles. The molecule has 0 bridgehead atoms. The van der Waals surface area contributed by atoms with E-state index in [9.17, 15) is 13.2 Å². The zero-order chi connectivity index (χ0) is 18.1. The first kappa shape index (κ1) is 20.0. The van der Waals surface area contributed by atoms with Gasteiger partial charge in [0.05, 0.1) is 18.7 Å². The first-order valence-electron chi connectivity index (χ1n) is 8.62. The van der Waals surface area contributed by atoms with Gasteiger partial charge in [-0.05, 0) is 37.7 Å². The van der Waals surface area contributed by atoms with Crippen LogP contribution in [-0.4, -0.2) is 43.3 Å². The predicted octanol–water partition coefficient (Wildman–Crippen LogP) is 3.84. The monoisotopic (exact) mass is 377 g/mol. The van der Waals surface area contributed by atoms with Gasteiger partial charge in [-0.15, -0.1) is 0 Å². The minimum Gasteiger partial charge on any atom is -0.469 e. The number of hydrogen-bond acceptors (Lipinski definition) is 3.